The van der Waals surface area contributed by atoms with E-state index in [0.29, 0.717) is 29.6 Å². The lowest BCUT2D eigenvalue weighted by atomic mass is 10.1. The van der Waals surface area contributed by atoms with E-state index in [2.05, 4.69) is 73.4 Å². The number of nitrogens with one attached hydrogen (secondary N) is 2. The summed E-state index contributed by atoms with van der Waals surface area (Å²) in [6.07, 6.45) is 6.30. The highest BCUT2D eigenvalue weighted by Crippen LogP contribution is 2.21. The van der Waals surface area contributed by atoms with E-state index in [1.54, 1.807) is 4.68 Å². The van der Waals surface area contributed by atoms with E-state index in [0.717, 1.165) is 47.0 Å². The molecule has 0 atom stereocenters. The number of carbonyl (C=O) groups excluding carboxylic acids is 2. The van der Waals surface area contributed by atoms with Crippen LogP contribution in [0.5, 0.6) is 0 Å². The van der Waals surface area contributed by atoms with Crippen LogP contribution in [0.15, 0.2) is 54.7 Å². The van der Waals surface area contributed by atoms with E-state index in [1.807, 2.05) is 36.5 Å². The number of unbranched alkanes of at least 4 members (excludes halogenated alkanes) is 1. The van der Waals surface area contributed by atoms with E-state index in [-0.39, 0.29) is 18.2 Å². The van der Waals surface area contributed by atoms with Crippen molar-refractivity contribution >= 4 is 44.8 Å². The lowest BCUT2D eigenvalue weighted by Crippen LogP contribution is -2.14. The minimum atomic E-state index is -0.130. The van der Waals surface area contributed by atoms with Gasteiger partial charge in [-0.15, -0.1) is 25.5 Å². The van der Waals surface area contributed by atoms with Gasteiger partial charge < -0.3 is 10.6 Å². The molecule has 2 N–H and O–H groups in total. The maximum atomic E-state index is 12.5. The number of hydrogen-bond acceptors (Lipinski definition) is 10. The number of carbonyl (C=O) groups is 2. The van der Waals surface area contributed by atoms with E-state index >= 15 is 0 Å². The van der Waals surface area contributed by atoms with E-state index in [9.17, 15) is 9.59 Å². The topological polar surface area (TPSA) is 140 Å². The number of amides is 2. The number of rotatable bonds is 14. The molecule has 0 spiro atoms. The predicted octanol–water partition coefficient (Wildman–Crippen LogP) is 4.96. The van der Waals surface area contributed by atoms with Gasteiger partial charge in [0.15, 0.2) is 0 Å². The smallest absolute Gasteiger partial charge is 0.230 e. The molecule has 13 heteroatoms. The molecule has 2 aromatic carbocycles. The molecule has 11 nitrogen and oxygen atoms in total. The van der Waals surface area contributed by atoms with Crippen LogP contribution in [-0.2, 0) is 41.8 Å². The molecular formula is C30H33N9O2S2. The lowest BCUT2D eigenvalue weighted by Gasteiger charge is -2.06. The second-order valence-corrected chi connectivity index (χ2v) is 12.4. The van der Waals surface area contributed by atoms with Gasteiger partial charge in [-0.05, 0) is 43.4 Å². The molecular weight excluding hydrogens is 583 g/mol. The number of anilines is 2. The molecule has 5 rings (SSSR count). The summed E-state index contributed by atoms with van der Waals surface area (Å²) in [5.41, 5.74) is 5.38. The van der Waals surface area contributed by atoms with Gasteiger partial charge in [0.05, 0.1) is 18.7 Å². The summed E-state index contributed by atoms with van der Waals surface area (Å²) in [7, 11) is 0. The molecule has 2 amide bonds. The Morgan fingerprint density at radius 3 is 2.14 bits per heavy atom. The van der Waals surface area contributed by atoms with Crippen molar-refractivity contribution in [1.29, 1.82) is 0 Å². The molecule has 5 aromatic rings. The first kappa shape index (κ1) is 30.1. The minimum Gasteiger partial charge on any atom is -0.301 e. The van der Waals surface area contributed by atoms with Gasteiger partial charge >= 0.3 is 0 Å². The lowest BCUT2D eigenvalue weighted by molar-refractivity contribution is -0.116. The Balaban J connectivity index is 0.980. The van der Waals surface area contributed by atoms with Gasteiger partial charge in [-0.2, -0.15) is 0 Å². The zero-order valence-corrected chi connectivity index (χ0v) is 25.7. The molecule has 3 aromatic heterocycles. The quantitative estimate of drug-likeness (QED) is 0.167. The van der Waals surface area contributed by atoms with Gasteiger partial charge in [0.2, 0.25) is 22.1 Å². The molecule has 43 heavy (non-hydrogen) atoms. The molecule has 0 aliphatic carbocycles. The standard InChI is InChI=1S/C30H33N9O2S2/c1-20-12-13-23(21(2)16-20)18-39-19-24(33-38-39)14-15-25(40)31-29-36-34-27(42-29)10-6-7-11-28-35-37-30(43-28)32-26(41)17-22-8-4-3-5-9-22/h3-5,8-9,12-13,16,19H,6-7,10-11,14-15,17-18H2,1-2H3,(H,31,36,40)(H,32,37,41). The van der Waals surface area contributed by atoms with Crippen molar-refractivity contribution in [2.75, 3.05) is 10.6 Å². The highest BCUT2D eigenvalue weighted by Gasteiger charge is 2.12. The van der Waals surface area contributed by atoms with Crippen LogP contribution in [0, 0.1) is 13.8 Å². The largest absolute Gasteiger partial charge is 0.301 e. The molecule has 0 unspecified atom stereocenters. The van der Waals surface area contributed by atoms with Crippen molar-refractivity contribution < 1.29 is 9.59 Å². The highest BCUT2D eigenvalue weighted by molar-refractivity contribution is 7.15. The Kier molecular flexibility index (Phi) is 10.3. The summed E-state index contributed by atoms with van der Waals surface area (Å²) in [5, 5.41) is 33.5. The van der Waals surface area contributed by atoms with Crippen LogP contribution >= 0.6 is 22.7 Å². The third-order valence-electron chi connectivity index (χ3n) is 6.69. The Labute approximate surface area is 257 Å². The van der Waals surface area contributed by atoms with Crippen LogP contribution in [0.3, 0.4) is 0 Å². The maximum Gasteiger partial charge on any atom is 0.230 e. The summed E-state index contributed by atoms with van der Waals surface area (Å²) < 4.78 is 1.80. The summed E-state index contributed by atoms with van der Waals surface area (Å²) in [6.45, 7) is 4.82. The predicted molar refractivity (Wildman–Crippen MR) is 167 cm³/mol. The molecule has 0 aliphatic heterocycles. The van der Waals surface area contributed by atoms with Gasteiger partial charge in [0, 0.05) is 31.9 Å². The van der Waals surface area contributed by atoms with Crippen LogP contribution in [0.1, 0.15) is 57.2 Å². The fourth-order valence-electron chi connectivity index (χ4n) is 4.46. The zero-order chi connectivity index (χ0) is 30.0. The van der Waals surface area contributed by atoms with Crippen molar-refractivity contribution in [2.24, 2.45) is 0 Å². The number of benzene rings is 2. The summed E-state index contributed by atoms with van der Waals surface area (Å²) in [5.74, 6) is -0.237. The van der Waals surface area contributed by atoms with Crippen molar-refractivity contribution in [3.05, 3.63) is 92.7 Å². The third kappa shape index (κ3) is 9.32. The van der Waals surface area contributed by atoms with E-state index < -0.39 is 0 Å². The summed E-state index contributed by atoms with van der Waals surface area (Å²) in [4.78, 5) is 24.7. The average Bonchev–Trinajstić information content (AvgIpc) is 3.74. The monoisotopic (exact) mass is 615 g/mol. The average molecular weight is 616 g/mol. The van der Waals surface area contributed by atoms with E-state index in [1.165, 1.54) is 39.4 Å². The SMILES string of the molecule is Cc1ccc(Cn2cc(CCC(=O)Nc3nnc(CCCCc4nnc(NC(=O)Cc5ccccc5)s4)s3)nn2)c(C)c1. The molecule has 3 heterocycles. The summed E-state index contributed by atoms with van der Waals surface area (Å²) in [6, 6.07) is 16.0. The molecule has 0 fully saturated rings. The second kappa shape index (κ2) is 14.7. The number of aromatic nitrogens is 7. The first-order chi connectivity index (χ1) is 20.9. The number of hydrogen-bond donors (Lipinski definition) is 2. The van der Waals surface area contributed by atoms with Gasteiger partial charge in [0.25, 0.3) is 0 Å². The van der Waals surface area contributed by atoms with Gasteiger partial charge in [-0.1, -0.05) is 82.0 Å². The van der Waals surface area contributed by atoms with E-state index in [4.69, 9.17) is 0 Å². The normalized spacial score (nSPS) is 11.0. The van der Waals surface area contributed by atoms with Crippen LogP contribution in [0.4, 0.5) is 10.3 Å². The first-order valence-corrected chi connectivity index (χ1v) is 15.8. The zero-order valence-electron chi connectivity index (χ0n) is 24.1. The Bertz CT molecular complexity index is 1660. The molecule has 0 saturated carbocycles. The Morgan fingerprint density at radius 2 is 1.47 bits per heavy atom. The molecule has 0 bridgehead atoms. The summed E-state index contributed by atoms with van der Waals surface area (Å²) >= 11 is 2.79. The van der Waals surface area contributed by atoms with Crippen molar-refractivity contribution in [3.63, 3.8) is 0 Å². The molecule has 0 aliphatic rings. The Morgan fingerprint density at radius 1 is 0.791 bits per heavy atom. The fraction of sp³-hybridized carbons (Fsp3) is 0.333. The van der Waals surface area contributed by atoms with Crippen molar-refractivity contribution in [3.8, 4) is 0 Å². The van der Waals surface area contributed by atoms with Gasteiger partial charge in [-0.25, -0.2) is 4.68 Å². The van der Waals surface area contributed by atoms with Crippen molar-refractivity contribution in [1.82, 2.24) is 35.4 Å². The second-order valence-electron chi connectivity index (χ2n) is 10.3. The Hall–Kier alpha value is -4.36. The third-order valence-corrected chi connectivity index (χ3v) is 8.49. The van der Waals surface area contributed by atoms with Gasteiger partial charge in [-0.3, -0.25) is 9.59 Å². The van der Waals surface area contributed by atoms with Crippen LogP contribution in [0.25, 0.3) is 0 Å². The first-order valence-electron chi connectivity index (χ1n) is 14.1. The highest BCUT2D eigenvalue weighted by atomic mass is 32.1. The minimum absolute atomic E-state index is 0.107. The van der Waals surface area contributed by atoms with Crippen LogP contribution in [0.2, 0.25) is 0 Å². The molecule has 0 saturated heterocycles. The number of nitrogens with zero attached hydrogens (tertiary/aromatic N) is 7. The van der Waals surface area contributed by atoms with Crippen LogP contribution < -0.4 is 10.6 Å². The van der Waals surface area contributed by atoms with Gasteiger partial charge in [0.1, 0.15) is 10.0 Å². The maximum absolute atomic E-state index is 12.5. The molecule has 222 valence electrons. The van der Waals surface area contributed by atoms with Crippen LogP contribution in [-0.4, -0.2) is 47.2 Å². The van der Waals surface area contributed by atoms with Crippen molar-refractivity contribution in [2.45, 2.75) is 65.3 Å². The molecule has 0 radical (unpaired) electrons. The fourth-order valence-corrected chi connectivity index (χ4v) is 6.05. The number of aryl methyl sites for hydroxylation is 5.